The summed E-state index contributed by atoms with van der Waals surface area (Å²) in [6.07, 6.45) is 19.7. The first-order valence-corrected chi connectivity index (χ1v) is 24.7. The van der Waals surface area contributed by atoms with Gasteiger partial charge in [-0.1, -0.05) is 57.3 Å². The van der Waals surface area contributed by atoms with Crippen molar-refractivity contribution in [1.29, 1.82) is 0 Å². The fourth-order valence-electron chi connectivity index (χ4n) is 14.1. The third-order valence-corrected chi connectivity index (χ3v) is 17.4. The molecule has 9 nitrogen and oxygen atoms in total. The van der Waals surface area contributed by atoms with Crippen molar-refractivity contribution >= 4 is 17.8 Å². The number of aliphatic imine (C=N–C) groups is 1. The lowest BCUT2D eigenvalue weighted by atomic mass is 9.58. The fraction of sp³-hybridized carbons (Fsp3) is 0.843. The average Bonchev–Trinajstić information content (AvgIpc) is 3.90. The Labute approximate surface area is 362 Å². The van der Waals surface area contributed by atoms with Crippen LogP contribution in [0, 0.1) is 88.3 Å². The van der Waals surface area contributed by atoms with Gasteiger partial charge in [0.2, 0.25) is 0 Å². The number of fused-ring (bicyclic) bond motifs is 2. The van der Waals surface area contributed by atoms with E-state index in [4.69, 9.17) is 15.5 Å². The zero-order valence-electron chi connectivity index (χ0n) is 37.5. The van der Waals surface area contributed by atoms with Crippen molar-refractivity contribution in [2.24, 2.45) is 81.2 Å². The van der Waals surface area contributed by atoms with Crippen LogP contribution in [0.3, 0.4) is 0 Å². The summed E-state index contributed by atoms with van der Waals surface area (Å²) >= 11 is 0. The molecule has 2 aliphatic heterocycles. The van der Waals surface area contributed by atoms with Gasteiger partial charge in [-0.05, 0) is 151 Å². The number of carbonyl (C=O) groups excluding carboxylic acids is 2. The van der Waals surface area contributed by atoms with Gasteiger partial charge in [0.25, 0.3) is 0 Å². The third kappa shape index (κ3) is 10.2. The van der Waals surface area contributed by atoms with Gasteiger partial charge in [-0.2, -0.15) is 0 Å². The maximum absolute atomic E-state index is 15.0. The maximum atomic E-state index is 15.0. The summed E-state index contributed by atoms with van der Waals surface area (Å²) < 4.78 is 5.78. The molecule has 334 valence electrons. The minimum Gasteiger partial charge on any atom is -0.391 e. The van der Waals surface area contributed by atoms with E-state index in [2.05, 4.69) is 44.0 Å². The topological polar surface area (TPSA) is 154 Å². The van der Waals surface area contributed by atoms with Gasteiger partial charge in [0.1, 0.15) is 18.2 Å². The molecule has 5 fully saturated rings. The minimum absolute atomic E-state index is 0.0197. The van der Waals surface area contributed by atoms with Crippen molar-refractivity contribution < 1.29 is 29.6 Å². The Balaban J connectivity index is 1.32. The summed E-state index contributed by atoms with van der Waals surface area (Å²) in [7, 11) is 1.66. The number of hydrogen-bond acceptors (Lipinski definition) is 9. The molecule has 0 aromatic carbocycles. The normalized spacial score (nSPS) is 39.1. The van der Waals surface area contributed by atoms with Gasteiger partial charge in [0, 0.05) is 37.2 Å². The Morgan fingerprint density at radius 2 is 1.72 bits per heavy atom. The number of ether oxygens (including phenoxy) is 1. The van der Waals surface area contributed by atoms with Crippen molar-refractivity contribution in [1.82, 2.24) is 5.32 Å². The van der Waals surface area contributed by atoms with Crippen molar-refractivity contribution in [3.63, 3.8) is 0 Å². The third-order valence-electron chi connectivity index (χ3n) is 17.4. The second kappa shape index (κ2) is 20.6. The number of aliphatic hydroxyl groups is 3. The number of Topliss-reactive ketones (excluding diaryl/α,β-unsaturated/α-hetero) is 2. The van der Waals surface area contributed by atoms with E-state index in [1.165, 1.54) is 38.0 Å². The van der Waals surface area contributed by atoms with Crippen LogP contribution in [0.5, 0.6) is 0 Å². The number of allylic oxidation sites excluding steroid dienone is 1. The molecule has 0 radical (unpaired) electrons. The quantitative estimate of drug-likeness (QED) is 0.0806. The van der Waals surface area contributed by atoms with Crippen molar-refractivity contribution in [3.05, 3.63) is 17.7 Å². The summed E-state index contributed by atoms with van der Waals surface area (Å²) in [5.41, 5.74) is 7.65. The largest absolute Gasteiger partial charge is 0.391 e. The Morgan fingerprint density at radius 3 is 2.40 bits per heavy atom. The van der Waals surface area contributed by atoms with Gasteiger partial charge in [-0.3, -0.25) is 9.59 Å². The number of hydrogen-bond donors (Lipinski definition) is 5. The van der Waals surface area contributed by atoms with Crippen LogP contribution in [0.25, 0.3) is 0 Å². The van der Waals surface area contributed by atoms with Gasteiger partial charge >= 0.3 is 0 Å². The van der Waals surface area contributed by atoms with Gasteiger partial charge in [-0.15, -0.1) is 4.99 Å². The summed E-state index contributed by atoms with van der Waals surface area (Å²) in [4.78, 5) is 33.8. The van der Waals surface area contributed by atoms with Crippen molar-refractivity contribution in [2.45, 2.75) is 186 Å². The molecule has 0 aromatic rings. The van der Waals surface area contributed by atoms with E-state index in [9.17, 15) is 24.9 Å². The van der Waals surface area contributed by atoms with Crippen LogP contribution in [-0.2, 0) is 14.3 Å². The average molecular weight is 831 g/mol. The van der Waals surface area contributed by atoms with Crippen molar-refractivity contribution in [3.8, 4) is 11.8 Å². The first kappa shape index (κ1) is 45.9. The molecule has 0 spiro atoms. The number of carbonyl (C=O) groups is 2. The van der Waals surface area contributed by atoms with E-state index in [0.29, 0.717) is 49.9 Å². The molecular formula is C51H80N3O6+. The second-order valence-electron chi connectivity index (χ2n) is 21.1. The van der Waals surface area contributed by atoms with Crippen LogP contribution in [0.1, 0.15) is 156 Å². The number of rotatable bonds is 11. The number of piperidine rings is 1. The Kier molecular flexibility index (Phi) is 15.8. The van der Waals surface area contributed by atoms with Crippen LogP contribution < -0.4 is 11.1 Å². The highest BCUT2D eigenvalue weighted by Crippen LogP contribution is 2.59. The van der Waals surface area contributed by atoms with Gasteiger partial charge < -0.3 is 31.1 Å². The summed E-state index contributed by atoms with van der Waals surface area (Å²) in [6, 6.07) is 0. The molecule has 6 N–H and O–H groups in total. The minimum atomic E-state index is -1.68. The Bertz CT molecular complexity index is 1570. The van der Waals surface area contributed by atoms with Gasteiger partial charge in [0.15, 0.2) is 23.4 Å². The molecule has 0 amide bonds. The molecule has 1 saturated heterocycles. The molecule has 2 heterocycles. The van der Waals surface area contributed by atoms with Crippen LogP contribution in [-0.4, -0.2) is 77.3 Å². The number of ketones is 2. The molecule has 14 atom stereocenters. The fourth-order valence-corrected chi connectivity index (χ4v) is 14.1. The number of nitrogens with two attached hydrogens (primary N) is 1. The van der Waals surface area contributed by atoms with Crippen LogP contribution in [0.2, 0.25) is 0 Å². The molecule has 9 heteroatoms. The summed E-state index contributed by atoms with van der Waals surface area (Å²) in [6.45, 7) is 7.43. The first-order chi connectivity index (χ1) is 28.9. The molecule has 5 aliphatic carbocycles. The predicted molar refractivity (Wildman–Crippen MR) is 237 cm³/mol. The lowest BCUT2D eigenvalue weighted by Gasteiger charge is -2.48. The smallest absolute Gasteiger partial charge is 0.177 e. The first-order valence-electron chi connectivity index (χ1n) is 24.7. The molecular weight excluding hydrogens is 751 g/mol. The van der Waals surface area contributed by atoms with E-state index < -0.39 is 24.2 Å². The van der Waals surface area contributed by atoms with E-state index in [-0.39, 0.29) is 77.1 Å². The number of aliphatic hydroxyl groups excluding tert-OH is 3. The monoisotopic (exact) mass is 831 g/mol. The standard InChI is InChI=1S/C51H80N3O6/c1-5-11-41(45(56)28-39-24-36(30-54-39)31(2)3)35-23-38(51(19-9-10-20-51)37-18-21-53-48(52)27-37)22-33-14-16-40(32-12-7-6-8-13-32)42-29-46(57)47(60-4)26-34(42)15-17-44(55)50(59)49(58)43(33)25-35/h24,30-35,37-38,40-43,45-48,50,53,56-57,59H,5-13,15,17-23,25-29,52H2,1-4H3/q+1/t33-,34?,35-,37?,38-,40+,41-,42?,43-,45+,46?,47?,48?,50-/m0/s1. The zero-order chi connectivity index (χ0) is 42.6. The lowest BCUT2D eigenvalue weighted by molar-refractivity contribution is -0.142. The molecule has 6 unspecified atom stereocenters. The van der Waals surface area contributed by atoms with E-state index in [0.717, 1.165) is 76.5 Å². The SMILES string of the molecule is CCC[C@@H]([C@H]1C[C@@H](C2(C3CCNC(N)C3)CCCC2)C[C@@H]2C#C[C@H](C3CCCCC3)C3CC(O)C(OC)CC3CCC(=O)[C@H](O)C(=O)[C@H]2C1)[C@H](O)CC1=C[C+](C(C)C)C=N1. The molecule has 60 heavy (non-hydrogen) atoms. The number of methoxy groups -OCH3 is 1. The highest BCUT2D eigenvalue weighted by Gasteiger charge is 2.53. The molecule has 4 saturated carbocycles. The Morgan fingerprint density at radius 1 is 0.950 bits per heavy atom. The van der Waals surface area contributed by atoms with Gasteiger partial charge in [-0.25, -0.2) is 0 Å². The van der Waals surface area contributed by atoms with Crippen LogP contribution >= 0.6 is 0 Å². The van der Waals surface area contributed by atoms with Crippen LogP contribution in [0.4, 0.5) is 0 Å². The van der Waals surface area contributed by atoms with Crippen molar-refractivity contribution in [2.75, 3.05) is 13.7 Å². The maximum Gasteiger partial charge on any atom is 0.177 e. The zero-order valence-corrected chi connectivity index (χ0v) is 37.5. The highest BCUT2D eigenvalue weighted by atomic mass is 16.5. The Hall–Kier alpha value is -2.06. The second-order valence-corrected chi connectivity index (χ2v) is 21.1. The van der Waals surface area contributed by atoms with E-state index in [1.807, 2.05) is 6.21 Å². The van der Waals surface area contributed by atoms with E-state index >= 15 is 0 Å². The lowest BCUT2D eigenvalue weighted by Crippen LogP contribution is -2.50. The molecule has 0 bridgehead atoms. The molecule has 0 aromatic heterocycles. The van der Waals surface area contributed by atoms with E-state index in [1.54, 1.807) is 7.11 Å². The van der Waals surface area contributed by atoms with Gasteiger partial charge in [0.05, 0.1) is 30.9 Å². The highest BCUT2D eigenvalue weighted by molar-refractivity contribution is 6.06. The molecule has 7 rings (SSSR count). The predicted octanol–water partition coefficient (Wildman–Crippen LogP) is 7.74. The van der Waals surface area contributed by atoms with Crippen LogP contribution in [0.15, 0.2) is 16.8 Å². The summed E-state index contributed by atoms with van der Waals surface area (Å²) in [5, 5.41) is 39.1. The number of nitrogens with zero attached hydrogens (tertiary/aromatic N) is 1. The molecule has 7 aliphatic rings. The number of nitrogens with one attached hydrogen (secondary N) is 1. The summed E-state index contributed by atoms with van der Waals surface area (Å²) in [5.74, 6) is 9.17.